The van der Waals surface area contributed by atoms with Crippen LogP contribution < -0.4 is 11.3 Å². The van der Waals surface area contributed by atoms with Gasteiger partial charge in [-0.25, -0.2) is 8.42 Å². The molecule has 0 amide bonds. The van der Waals surface area contributed by atoms with E-state index in [2.05, 4.69) is 15.3 Å². The van der Waals surface area contributed by atoms with Crippen molar-refractivity contribution in [3.8, 4) is 0 Å². The van der Waals surface area contributed by atoms with Crippen molar-refractivity contribution < 1.29 is 8.42 Å². The summed E-state index contributed by atoms with van der Waals surface area (Å²) >= 11 is 0. The lowest BCUT2D eigenvalue weighted by molar-refractivity contribution is 0.190. The van der Waals surface area contributed by atoms with Crippen molar-refractivity contribution in [2.45, 2.75) is 23.8 Å². The number of piperidine rings is 1. The largest absolute Gasteiger partial charge is 0.323 e. The van der Waals surface area contributed by atoms with Gasteiger partial charge < -0.3 is 10.3 Å². The van der Waals surface area contributed by atoms with Gasteiger partial charge in [-0.05, 0) is 33.0 Å². The predicted octanol–water partition coefficient (Wildman–Crippen LogP) is 0.0819. The van der Waals surface area contributed by atoms with Gasteiger partial charge in [-0.1, -0.05) is 0 Å². The lowest BCUT2D eigenvalue weighted by atomic mass is 10.1. The molecule has 2 heterocycles. The Morgan fingerprint density at radius 2 is 2.25 bits per heavy atom. The molecule has 1 atom stereocenters. The number of likely N-dealkylation sites (N-methyl/N-ethyl adjacent to an activating group) is 1. The third kappa shape index (κ3) is 2.93. The van der Waals surface area contributed by atoms with Crippen molar-refractivity contribution in [2.75, 3.05) is 32.6 Å². The van der Waals surface area contributed by atoms with Crippen LogP contribution >= 0.6 is 0 Å². The van der Waals surface area contributed by atoms with Crippen molar-refractivity contribution in [1.29, 1.82) is 0 Å². The summed E-state index contributed by atoms with van der Waals surface area (Å²) in [6.07, 6.45) is 4.71. The average molecular weight is 299 g/mol. The Balaban J connectivity index is 2.30. The lowest BCUT2D eigenvalue weighted by Gasteiger charge is -2.35. The number of hydrogen-bond donors (Lipinski definition) is 2. The van der Waals surface area contributed by atoms with Gasteiger partial charge in [-0.15, -0.1) is 0 Å². The van der Waals surface area contributed by atoms with Gasteiger partial charge in [-0.3, -0.25) is 10.8 Å². The number of nitrogens with zero attached hydrogens (tertiary/aromatic N) is 3. The number of hydrazine groups is 1. The van der Waals surface area contributed by atoms with Gasteiger partial charge in [0, 0.05) is 31.5 Å². The van der Waals surface area contributed by atoms with Crippen LogP contribution in [0, 0.1) is 0 Å². The molecule has 1 unspecified atom stereocenters. The fraction of sp³-hybridized carbons (Fsp3) is 0.583. The standard InChI is InChI=1S/C12H21N5O2S/c1-16(2)10-4-3-7-17(9-10)20(18,19)12-8-14-6-5-11(12)15-13/h5-6,8,10H,3-4,7,9,13H2,1-2H3,(H,14,15). The highest BCUT2D eigenvalue weighted by molar-refractivity contribution is 7.89. The summed E-state index contributed by atoms with van der Waals surface area (Å²) in [7, 11) is 0.370. The van der Waals surface area contributed by atoms with E-state index in [-0.39, 0.29) is 10.9 Å². The SMILES string of the molecule is CN(C)C1CCCN(S(=O)(=O)c2cnccc2NN)C1. The van der Waals surface area contributed by atoms with Crippen LogP contribution in [0.5, 0.6) is 0 Å². The monoisotopic (exact) mass is 299 g/mol. The summed E-state index contributed by atoms with van der Waals surface area (Å²) in [6.45, 7) is 1.03. The second-order valence-corrected chi connectivity index (χ2v) is 7.05. The maximum absolute atomic E-state index is 12.7. The molecule has 1 saturated heterocycles. The van der Waals surface area contributed by atoms with Gasteiger partial charge in [-0.2, -0.15) is 4.31 Å². The predicted molar refractivity (Wildman–Crippen MR) is 77.5 cm³/mol. The zero-order valence-corrected chi connectivity index (χ0v) is 12.6. The Kier molecular flexibility index (Phi) is 4.59. The minimum Gasteiger partial charge on any atom is -0.323 e. The molecular weight excluding hydrogens is 278 g/mol. The average Bonchev–Trinajstić information content (AvgIpc) is 2.47. The topological polar surface area (TPSA) is 91.6 Å². The number of nitrogens with one attached hydrogen (secondary N) is 1. The molecule has 1 aromatic heterocycles. The first-order chi connectivity index (χ1) is 9.46. The molecule has 2 rings (SSSR count). The van der Waals surface area contributed by atoms with Gasteiger partial charge in [0.1, 0.15) is 4.90 Å². The molecule has 1 aliphatic heterocycles. The second-order valence-electron chi connectivity index (χ2n) is 5.14. The first kappa shape index (κ1) is 15.2. The molecule has 8 heteroatoms. The molecule has 7 nitrogen and oxygen atoms in total. The third-order valence-electron chi connectivity index (χ3n) is 3.65. The Hall–Kier alpha value is -1.22. The maximum atomic E-state index is 12.7. The number of aromatic nitrogens is 1. The minimum atomic E-state index is -3.57. The molecule has 1 aromatic rings. The molecule has 0 saturated carbocycles. The number of pyridine rings is 1. The van der Waals surface area contributed by atoms with E-state index in [1.54, 1.807) is 6.07 Å². The van der Waals surface area contributed by atoms with E-state index >= 15 is 0 Å². The number of nitrogens with two attached hydrogens (primary N) is 1. The Labute approximate surface area is 119 Å². The number of rotatable bonds is 4. The van der Waals surface area contributed by atoms with E-state index in [9.17, 15) is 8.42 Å². The number of hydrogen-bond acceptors (Lipinski definition) is 6. The lowest BCUT2D eigenvalue weighted by Crippen LogP contribution is -2.47. The van der Waals surface area contributed by atoms with E-state index in [0.29, 0.717) is 18.8 Å². The van der Waals surface area contributed by atoms with Crippen LogP contribution in [0.1, 0.15) is 12.8 Å². The molecular formula is C12H21N5O2S. The van der Waals surface area contributed by atoms with Gasteiger partial charge >= 0.3 is 0 Å². The third-order valence-corrected chi connectivity index (χ3v) is 5.54. The first-order valence-electron chi connectivity index (χ1n) is 6.54. The summed E-state index contributed by atoms with van der Waals surface area (Å²) < 4.78 is 26.9. The number of anilines is 1. The fourth-order valence-electron chi connectivity index (χ4n) is 2.40. The summed E-state index contributed by atoms with van der Waals surface area (Å²) in [5.74, 6) is 5.38. The summed E-state index contributed by atoms with van der Waals surface area (Å²) in [6, 6.07) is 1.80. The summed E-state index contributed by atoms with van der Waals surface area (Å²) in [4.78, 5) is 6.09. The highest BCUT2D eigenvalue weighted by atomic mass is 32.2. The van der Waals surface area contributed by atoms with Crippen molar-refractivity contribution in [1.82, 2.24) is 14.2 Å². The van der Waals surface area contributed by atoms with E-state index < -0.39 is 10.0 Å². The van der Waals surface area contributed by atoms with Crippen LogP contribution in [-0.2, 0) is 10.0 Å². The zero-order valence-electron chi connectivity index (χ0n) is 11.8. The molecule has 1 aliphatic rings. The Morgan fingerprint density at radius 1 is 1.50 bits per heavy atom. The molecule has 112 valence electrons. The zero-order chi connectivity index (χ0) is 14.8. The van der Waals surface area contributed by atoms with Crippen LogP contribution in [0.25, 0.3) is 0 Å². The number of sulfonamides is 1. The molecule has 20 heavy (non-hydrogen) atoms. The van der Waals surface area contributed by atoms with Crippen molar-refractivity contribution in [3.63, 3.8) is 0 Å². The van der Waals surface area contributed by atoms with Crippen LogP contribution in [0.15, 0.2) is 23.4 Å². The highest BCUT2D eigenvalue weighted by Gasteiger charge is 2.32. The summed E-state index contributed by atoms with van der Waals surface area (Å²) in [5.41, 5.74) is 2.79. The smallest absolute Gasteiger partial charge is 0.246 e. The normalized spacial score (nSPS) is 21.1. The van der Waals surface area contributed by atoms with E-state index in [0.717, 1.165) is 12.8 Å². The van der Waals surface area contributed by atoms with Crippen molar-refractivity contribution in [2.24, 2.45) is 5.84 Å². The second kappa shape index (κ2) is 6.04. The molecule has 0 bridgehead atoms. The van der Waals surface area contributed by atoms with Crippen LogP contribution in [0.3, 0.4) is 0 Å². The maximum Gasteiger partial charge on any atom is 0.246 e. The quantitative estimate of drug-likeness (QED) is 0.604. The molecule has 0 aromatic carbocycles. The van der Waals surface area contributed by atoms with Crippen LogP contribution in [0.4, 0.5) is 5.69 Å². The van der Waals surface area contributed by atoms with Gasteiger partial charge in [0.25, 0.3) is 0 Å². The molecule has 0 radical (unpaired) electrons. The molecule has 1 fully saturated rings. The Bertz CT molecular complexity index is 561. The highest BCUT2D eigenvalue weighted by Crippen LogP contribution is 2.26. The fourth-order valence-corrected chi connectivity index (χ4v) is 4.02. The molecule has 0 aliphatic carbocycles. The Morgan fingerprint density at radius 3 is 2.90 bits per heavy atom. The van der Waals surface area contributed by atoms with Crippen molar-refractivity contribution >= 4 is 15.7 Å². The summed E-state index contributed by atoms with van der Waals surface area (Å²) in [5, 5.41) is 0. The van der Waals surface area contributed by atoms with E-state index in [4.69, 9.17) is 5.84 Å². The molecule has 3 N–H and O–H groups in total. The van der Waals surface area contributed by atoms with Crippen molar-refractivity contribution in [3.05, 3.63) is 18.5 Å². The van der Waals surface area contributed by atoms with Gasteiger partial charge in [0.15, 0.2) is 0 Å². The minimum absolute atomic E-state index is 0.127. The van der Waals surface area contributed by atoms with E-state index in [1.807, 2.05) is 14.1 Å². The molecule has 0 spiro atoms. The van der Waals surface area contributed by atoms with Gasteiger partial charge in [0.05, 0.1) is 5.69 Å². The van der Waals surface area contributed by atoms with Gasteiger partial charge in [0.2, 0.25) is 10.0 Å². The number of nitrogen functional groups attached to an aromatic ring is 1. The first-order valence-corrected chi connectivity index (χ1v) is 7.98. The van der Waals surface area contributed by atoms with Crippen LogP contribution in [0.2, 0.25) is 0 Å². The van der Waals surface area contributed by atoms with E-state index in [1.165, 1.54) is 16.7 Å². The van der Waals surface area contributed by atoms with Crippen LogP contribution in [-0.4, -0.2) is 55.8 Å².